The van der Waals surface area contributed by atoms with E-state index in [4.69, 9.17) is 11.6 Å². The molecule has 1 aromatic heterocycles. The second kappa shape index (κ2) is 5.63. The number of para-hydroxylation sites is 1. The second-order valence-electron chi connectivity index (χ2n) is 4.86. The number of hydrogen-bond acceptors (Lipinski definition) is 5. The summed E-state index contributed by atoms with van der Waals surface area (Å²) in [4.78, 5) is 25.1. The molecule has 6 nitrogen and oxygen atoms in total. The van der Waals surface area contributed by atoms with E-state index < -0.39 is 27.8 Å². The first-order valence-corrected chi connectivity index (χ1v) is 9.19. The minimum absolute atomic E-state index is 0.0103. The number of nitrogens with one attached hydrogen (secondary N) is 1. The standard InChI is InChI=1S/C14H11ClN2O4S2/c1-17-14(19)11(12-10(6-7-22-12)23(17,20)21)13(18)16-9-5-3-2-4-8(9)15/h2-7,11H,1H3,(H,16,18). The predicted octanol–water partition coefficient (Wildman–Crippen LogP) is 2.28. The lowest BCUT2D eigenvalue weighted by Crippen LogP contribution is -2.45. The van der Waals surface area contributed by atoms with Crippen molar-refractivity contribution in [2.24, 2.45) is 0 Å². The summed E-state index contributed by atoms with van der Waals surface area (Å²) in [5.74, 6) is -2.62. The largest absolute Gasteiger partial charge is 0.324 e. The van der Waals surface area contributed by atoms with Gasteiger partial charge < -0.3 is 5.32 Å². The highest BCUT2D eigenvalue weighted by molar-refractivity contribution is 7.90. The number of thiophene rings is 1. The van der Waals surface area contributed by atoms with Gasteiger partial charge in [-0.05, 0) is 23.6 Å². The van der Waals surface area contributed by atoms with Crippen LogP contribution in [0.3, 0.4) is 0 Å². The number of nitrogens with zero attached hydrogens (tertiary/aromatic N) is 1. The third-order valence-electron chi connectivity index (χ3n) is 3.51. The summed E-state index contributed by atoms with van der Waals surface area (Å²) in [5.41, 5.74) is 0.362. The molecule has 1 aromatic carbocycles. The third-order valence-corrected chi connectivity index (χ3v) is 6.76. The Bertz CT molecular complexity index is 907. The number of carbonyl (C=O) groups excluding carboxylic acids is 2. The van der Waals surface area contributed by atoms with Gasteiger partial charge in [0.2, 0.25) is 5.91 Å². The number of likely N-dealkylation sites (N-methyl/N-ethyl adjacent to an activating group) is 1. The first-order chi connectivity index (χ1) is 10.8. The lowest BCUT2D eigenvalue weighted by molar-refractivity contribution is -0.132. The van der Waals surface area contributed by atoms with E-state index in [2.05, 4.69) is 5.32 Å². The van der Waals surface area contributed by atoms with E-state index in [1.165, 1.54) is 6.07 Å². The number of sulfonamides is 1. The van der Waals surface area contributed by atoms with E-state index in [1.54, 1.807) is 29.6 Å². The zero-order valence-electron chi connectivity index (χ0n) is 11.8. The Balaban J connectivity index is 2.01. The summed E-state index contributed by atoms with van der Waals surface area (Å²) in [6, 6.07) is 8.00. The summed E-state index contributed by atoms with van der Waals surface area (Å²) >= 11 is 7.06. The van der Waals surface area contributed by atoms with Crippen molar-refractivity contribution in [2.75, 3.05) is 12.4 Å². The van der Waals surface area contributed by atoms with Crippen molar-refractivity contribution in [1.29, 1.82) is 0 Å². The normalized spacial score (nSPS) is 19.3. The van der Waals surface area contributed by atoms with Crippen molar-refractivity contribution in [1.82, 2.24) is 4.31 Å². The number of halogens is 1. The molecule has 0 spiro atoms. The summed E-state index contributed by atoms with van der Waals surface area (Å²) in [5, 5.41) is 4.46. The van der Waals surface area contributed by atoms with Crippen LogP contribution in [-0.4, -0.2) is 31.6 Å². The van der Waals surface area contributed by atoms with Crippen molar-refractivity contribution in [2.45, 2.75) is 10.8 Å². The molecular formula is C14H11ClN2O4S2. The predicted molar refractivity (Wildman–Crippen MR) is 87.1 cm³/mol. The van der Waals surface area contributed by atoms with Crippen LogP contribution in [0.25, 0.3) is 0 Å². The van der Waals surface area contributed by atoms with Gasteiger partial charge in [0.1, 0.15) is 4.90 Å². The van der Waals surface area contributed by atoms with Crippen LogP contribution in [0.1, 0.15) is 10.8 Å². The average molecular weight is 371 g/mol. The summed E-state index contributed by atoms with van der Waals surface area (Å²) in [6.45, 7) is 0. The van der Waals surface area contributed by atoms with Crippen molar-refractivity contribution < 1.29 is 18.0 Å². The number of fused-ring (bicyclic) bond motifs is 1. The van der Waals surface area contributed by atoms with Crippen LogP contribution in [-0.2, 0) is 19.6 Å². The highest BCUT2D eigenvalue weighted by atomic mass is 35.5. The number of rotatable bonds is 2. The van der Waals surface area contributed by atoms with E-state index in [1.807, 2.05) is 0 Å². The maximum absolute atomic E-state index is 12.5. The molecule has 3 rings (SSSR count). The van der Waals surface area contributed by atoms with Crippen LogP contribution in [0, 0.1) is 0 Å². The minimum atomic E-state index is -3.89. The van der Waals surface area contributed by atoms with Crippen LogP contribution in [0.5, 0.6) is 0 Å². The van der Waals surface area contributed by atoms with Gasteiger partial charge in [-0.2, -0.15) is 0 Å². The molecule has 0 radical (unpaired) electrons. The molecule has 23 heavy (non-hydrogen) atoms. The molecular weight excluding hydrogens is 360 g/mol. The maximum atomic E-state index is 12.5. The number of benzene rings is 1. The van der Waals surface area contributed by atoms with E-state index in [-0.39, 0.29) is 9.77 Å². The molecule has 1 unspecified atom stereocenters. The first-order valence-electron chi connectivity index (χ1n) is 6.49. The molecule has 0 bridgehead atoms. The molecule has 9 heteroatoms. The Morgan fingerprint density at radius 2 is 2.00 bits per heavy atom. The Hall–Kier alpha value is -1.90. The van der Waals surface area contributed by atoms with Gasteiger partial charge in [-0.25, -0.2) is 12.7 Å². The van der Waals surface area contributed by atoms with Crippen molar-refractivity contribution >= 4 is 50.5 Å². The van der Waals surface area contributed by atoms with Gasteiger partial charge in [0.25, 0.3) is 15.9 Å². The quantitative estimate of drug-likeness (QED) is 0.822. The Morgan fingerprint density at radius 3 is 2.70 bits per heavy atom. The molecule has 1 aliphatic rings. The minimum Gasteiger partial charge on any atom is -0.324 e. The van der Waals surface area contributed by atoms with Crippen LogP contribution in [0.2, 0.25) is 5.02 Å². The molecule has 2 aromatic rings. The average Bonchev–Trinajstić information content (AvgIpc) is 2.98. The van der Waals surface area contributed by atoms with Gasteiger partial charge in [0.05, 0.1) is 10.7 Å². The maximum Gasteiger partial charge on any atom is 0.267 e. The fraction of sp³-hybridized carbons (Fsp3) is 0.143. The fourth-order valence-electron chi connectivity index (χ4n) is 2.29. The van der Waals surface area contributed by atoms with Crippen molar-refractivity contribution in [3.05, 3.63) is 45.6 Å². The number of anilines is 1. The van der Waals surface area contributed by atoms with Crippen LogP contribution >= 0.6 is 22.9 Å². The van der Waals surface area contributed by atoms with Gasteiger partial charge in [0.15, 0.2) is 5.92 Å². The molecule has 120 valence electrons. The summed E-state index contributed by atoms with van der Waals surface area (Å²) in [6.07, 6.45) is 0. The first kappa shape index (κ1) is 16.0. The molecule has 0 saturated carbocycles. The fourth-order valence-corrected chi connectivity index (χ4v) is 5.15. The lowest BCUT2D eigenvalue weighted by atomic mass is 10.1. The van der Waals surface area contributed by atoms with E-state index in [0.717, 1.165) is 18.4 Å². The van der Waals surface area contributed by atoms with E-state index >= 15 is 0 Å². The molecule has 0 aliphatic carbocycles. The zero-order valence-corrected chi connectivity index (χ0v) is 14.2. The Kier molecular flexibility index (Phi) is 3.91. The molecule has 1 atom stereocenters. The number of hydrogen-bond donors (Lipinski definition) is 1. The molecule has 2 amide bonds. The highest BCUT2D eigenvalue weighted by Crippen LogP contribution is 2.38. The van der Waals surface area contributed by atoms with Crippen molar-refractivity contribution in [3.8, 4) is 0 Å². The number of amides is 2. The van der Waals surface area contributed by atoms with Gasteiger partial charge in [-0.1, -0.05) is 23.7 Å². The Morgan fingerprint density at radius 1 is 1.30 bits per heavy atom. The Labute approximate surface area is 141 Å². The molecule has 1 aliphatic heterocycles. The van der Waals surface area contributed by atoms with Gasteiger partial charge in [-0.3, -0.25) is 9.59 Å². The number of carbonyl (C=O) groups is 2. The van der Waals surface area contributed by atoms with Gasteiger partial charge in [0, 0.05) is 11.9 Å². The highest BCUT2D eigenvalue weighted by Gasteiger charge is 2.45. The van der Waals surface area contributed by atoms with E-state index in [0.29, 0.717) is 15.0 Å². The van der Waals surface area contributed by atoms with Gasteiger partial charge in [-0.15, -0.1) is 11.3 Å². The molecule has 2 heterocycles. The third kappa shape index (κ3) is 2.52. The van der Waals surface area contributed by atoms with Crippen LogP contribution in [0.15, 0.2) is 40.6 Å². The van der Waals surface area contributed by atoms with Crippen molar-refractivity contribution in [3.63, 3.8) is 0 Å². The molecule has 1 N–H and O–H groups in total. The van der Waals surface area contributed by atoms with Crippen LogP contribution < -0.4 is 5.32 Å². The molecule has 0 saturated heterocycles. The zero-order chi connectivity index (χ0) is 16.8. The van der Waals surface area contributed by atoms with Gasteiger partial charge >= 0.3 is 0 Å². The topological polar surface area (TPSA) is 83.6 Å². The monoisotopic (exact) mass is 370 g/mol. The van der Waals surface area contributed by atoms with Crippen LogP contribution in [0.4, 0.5) is 5.69 Å². The summed E-state index contributed by atoms with van der Waals surface area (Å²) in [7, 11) is -2.74. The second-order valence-corrected chi connectivity index (χ2v) is 8.15. The summed E-state index contributed by atoms with van der Waals surface area (Å²) < 4.78 is 25.0. The SMILES string of the molecule is CN1C(=O)C(C(=O)Nc2ccccc2Cl)c2sccc2S1(=O)=O. The van der Waals surface area contributed by atoms with E-state index in [9.17, 15) is 18.0 Å². The lowest BCUT2D eigenvalue weighted by Gasteiger charge is -2.28. The smallest absolute Gasteiger partial charge is 0.267 e. The molecule has 0 fully saturated rings.